The predicted molar refractivity (Wildman–Crippen MR) is 102 cm³/mol. The summed E-state index contributed by atoms with van der Waals surface area (Å²) in [6.07, 6.45) is 3.80. The van der Waals surface area contributed by atoms with Crippen molar-refractivity contribution < 1.29 is 9.53 Å². The molecular formula is C18H16N4O2S2. The molecule has 0 saturated carbocycles. The van der Waals surface area contributed by atoms with Crippen LogP contribution in [0.1, 0.15) is 28.0 Å². The lowest BCUT2D eigenvalue weighted by atomic mass is 10.2. The number of carbonyl (C=O) groups excluding carboxylic acids is 1. The molecule has 0 bridgehead atoms. The van der Waals surface area contributed by atoms with Crippen LogP contribution in [0.4, 0.5) is 0 Å². The third kappa shape index (κ3) is 2.85. The minimum atomic E-state index is -0.312. The van der Waals surface area contributed by atoms with E-state index in [0.29, 0.717) is 17.3 Å². The molecule has 6 nitrogen and oxygen atoms in total. The van der Waals surface area contributed by atoms with E-state index in [1.807, 2.05) is 48.8 Å². The van der Waals surface area contributed by atoms with Gasteiger partial charge in [-0.2, -0.15) is 0 Å². The molecule has 0 unspecified atom stereocenters. The van der Waals surface area contributed by atoms with E-state index < -0.39 is 0 Å². The summed E-state index contributed by atoms with van der Waals surface area (Å²) in [5.41, 5.74) is 1.87. The standard InChI is InChI=1S/C18H16N4O2S2/c1-4-24-17(23)14-10(2)13-15(25-14)20-11(3)21-16(13)26-18-19-9-12-7-5-6-8-22(12)18/h5-9H,4H2,1-3H3. The number of ether oxygens (including phenoxy) is 1. The van der Waals surface area contributed by atoms with Crippen molar-refractivity contribution in [2.75, 3.05) is 6.61 Å². The van der Waals surface area contributed by atoms with Gasteiger partial charge in [-0.1, -0.05) is 6.07 Å². The maximum atomic E-state index is 12.2. The van der Waals surface area contributed by atoms with Crippen LogP contribution in [-0.4, -0.2) is 31.9 Å². The monoisotopic (exact) mass is 384 g/mol. The highest BCUT2D eigenvalue weighted by molar-refractivity contribution is 7.99. The number of hydrogen-bond acceptors (Lipinski definition) is 7. The van der Waals surface area contributed by atoms with Gasteiger partial charge in [0.15, 0.2) is 5.16 Å². The molecule has 0 atom stereocenters. The summed E-state index contributed by atoms with van der Waals surface area (Å²) in [5.74, 6) is 0.352. The number of aromatic nitrogens is 4. The average Bonchev–Trinajstić information content (AvgIpc) is 3.17. The molecule has 8 heteroatoms. The number of esters is 1. The molecule has 0 aliphatic heterocycles. The van der Waals surface area contributed by atoms with Crippen molar-refractivity contribution in [3.63, 3.8) is 0 Å². The van der Waals surface area contributed by atoms with E-state index >= 15 is 0 Å². The Kier molecular flexibility index (Phi) is 4.37. The van der Waals surface area contributed by atoms with E-state index in [1.165, 1.54) is 23.1 Å². The molecule has 132 valence electrons. The topological polar surface area (TPSA) is 69.4 Å². The normalized spacial score (nSPS) is 11.3. The Morgan fingerprint density at radius 1 is 1.31 bits per heavy atom. The lowest BCUT2D eigenvalue weighted by Gasteiger charge is -2.05. The Morgan fingerprint density at radius 3 is 2.96 bits per heavy atom. The smallest absolute Gasteiger partial charge is 0.348 e. The van der Waals surface area contributed by atoms with Crippen molar-refractivity contribution in [3.8, 4) is 0 Å². The lowest BCUT2D eigenvalue weighted by Crippen LogP contribution is -2.03. The van der Waals surface area contributed by atoms with Gasteiger partial charge in [0.25, 0.3) is 0 Å². The summed E-state index contributed by atoms with van der Waals surface area (Å²) in [6.45, 7) is 5.91. The first-order chi connectivity index (χ1) is 12.6. The molecule has 0 amide bonds. The molecule has 0 N–H and O–H groups in total. The number of aryl methyl sites for hydroxylation is 2. The van der Waals surface area contributed by atoms with Gasteiger partial charge in [-0.15, -0.1) is 11.3 Å². The second-order valence-electron chi connectivity index (χ2n) is 5.67. The first-order valence-corrected chi connectivity index (χ1v) is 9.76. The highest BCUT2D eigenvalue weighted by Crippen LogP contribution is 2.38. The van der Waals surface area contributed by atoms with E-state index in [4.69, 9.17) is 4.74 Å². The van der Waals surface area contributed by atoms with Crippen LogP contribution in [0, 0.1) is 13.8 Å². The molecule has 4 aromatic rings. The Morgan fingerprint density at radius 2 is 2.15 bits per heavy atom. The molecule has 4 heterocycles. The van der Waals surface area contributed by atoms with Gasteiger partial charge >= 0.3 is 5.97 Å². The number of imidazole rings is 1. The zero-order valence-corrected chi connectivity index (χ0v) is 16.1. The van der Waals surface area contributed by atoms with E-state index in [1.54, 1.807) is 6.92 Å². The van der Waals surface area contributed by atoms with Gasteiger partial charge < -0.3 is 4.74 Å². The van der Waals surface area contributed by atoms with Crippen molar-refractivity contribution in [3.05, 3.63) is 46.9 Å². The number of nitrogens with zero attached hydrogens (tertiary/aromatic N) is 4. The Bertz CT molecular complexity index is 1130. The minimum Gasteiger partial charge on any atom is -0.462 e. The minimum absolute atomic E-state index is 0.312. The van der Waals surface area contributed by atoms with Gasteiger partial charge in [-0.25, -0.2) is 19.7 Å². The highest BCUT2D eigenvalue weighted by atomic mass is 32.2. The lowest BCUT2D eigenvalue weighted by molar-refractivity contribution is 0.0531. The summed E-state index contributed by atoms with van der Waals surface area (Å²) in [4.78, 5) is 27.2. The average molecular weight is 384 g/mol. The van der Waals surface area contributed by atoms with Crippen molar-refractivity contribution >= 4 is 44.8 Å². The molecule has 0 fully saturated rings. The van der Waals surface area contributed by atoms with Gasteiger partial charge in [-0.3, -0.25) is 4.40 Å². The van der Waals surface area contributed by atoms with Crippen molar-refractivity contribution in [1.82, 2.24) is 19.4 Å². The number of rotatable bonds is 4. The van der Waals surface area contributed by atoms with Crippen LogP contribution in [0.25, 0.3) is 15.7 Å². The molecule has 0 spiro atoms. The maximum Gasteiger partial charge on any atom is 0.348 e. The van der Waals surface area contributed by atoms with E-state index in [-0.39, 0.29) is 5.97 Å². The summed E-state index contributed by atoms with van der Waals surface area (Å²) < 4.78 is 7.19. The quantitative estimate of drug-likeness (QED) is 0.386. The maximum absolute atomic E-state index is 12.2. The summed E-state index contributed by atoms with van der Waals surface area (Å²) in [7, 11) is 0. The summed E-state index contributed by atoms with van der Waals surface area (Å²) >= 11 is 2.83. The van der Waals surface area contributed by atoms with Gasteiger partial charge in [0.2, 0.25) is 0 Å². The van der Waals surface area contributed by atoms with E-state index in [0.717, 1.165) is 31.5 Å². The molecule has 0 aliphatic rings. The zero-order valence-electron chi connectivity index (χ0n) is 14.5. The molecule has 0 saturated heterocycles. The Hall–Kier alpha value is -2.45. The second-order valence-corrected chi connectivity index (χ2v) is 7.63. The van der Waals surface area contributed by atoms with Crippen molar-refractivity contribution in [1.29, 1.82) is 0 Å². The molecule has 0 radical (unpaired) electrons. The number of pyridine rings is 1. The molecule has 0 aliphatic carbocycles. The number of carbonyl (C=O) groups is 1. The van der Waals surface area contributed by atoms with Gasteiger partial charge in [0.1, 0.15) is 20.6 Å². The fourth-order valence-corrected chi connectivity index (χ4v) is 5.01. The Labute approximate surface area is 158 Å². The zero-order chi connectivity index (χ0) is 18.3. The third-order valence-electron chi connectivity index (χ3n) is 3.92. The first kappa shape index (κ1) is 17.0. The summed E-state index contributed by atoms with van der Waals surface area (Å²) in [5, 5.41) is 2.51. The van der Waals surface area contributed by atoms with Crippen LogP contribution < -0.4 is 0 Å². The molecule has 0 aromatic carbocycles. The first-order valence-electron chi connectivity index (χ1n) is 8.13. The number of hydrogen-bond donors (Lipinski definition) is 0. The van der Waals surface area contributed by atoms with Crippen molar-refractivity contribution in [2.24, 2.45) is 0 Å². The highest BCUT2D eigenvalue weighted by Gasteiger charge is 2.22. The van der Waals surface area contributed by atoms with Crippen LogP contribution in [-0.2, 0) is 4.74 Å². The largest absolute Gasteiger partial charge is 0.462 e. The van der Waals surface area contributed by atoms with Crippen LogP contribution in [0.5, 0.6) is 0 Å². The van der Waals surface area contributed by atoms with Gasteiger partial charge in [-0.05, 0) is 50.2 Å². The SMILES string of the molecule is CCOC(=O)c1sc2nc(C)nc(Sc3ncc4ccccn34)c2c1C. The van der Waals surface area contributed by atoms with Crippen LogP contribution in [0.2, 0.25) is 0 Å². The van der Waals surface area contributed by atoms with Crippen LogP contribution >= 0.6 is 23.1 Å². The van der Waals surface area contributed by atoms with Crippen LogP contribution in [0.15, 0.2) is 40.8 Å². The summed E-state index contributed by atoms with van der Waals surface area (Å²) in [6, 6.07) is 5.95. The predicted octanol–water partition coefficient (Wildman–Crippen LogP) is 4.28. The third-order valence-corrected chi connectivity index (χ3v) is 6.06. The molecule has 4 rings (SSSR count). The second kappa shape index (κ2) is 6.69. The number of thiophene rings is 1. The fraction of sp³-hybridized carbons (Fsp3) is 0.222. The van der Waals surface area contributed by atoms with Gasteiger partial charge in [0, 0.05) is 11.6 Å². The molecule has 26 heavy (non-hydrogen) atoms. The number of fused-ring (bicyclic) bond motifs is 2. The van der Waals surface area contributed by atoms with E-state index in [2.05, 4.69) is 15.0 Å². The van der Waals surface area contributed by atoms with Crippen molar-refractivity contribution in [2.45, 2.75) is 31.0 Å². The Balaban J connectivity index is 1.85. The molecule has 4 aromatic heterocycles. The van der Waals surface area contributed by atoms with Crippen LogP contribution in [0.3, 0.4) is 0 Å². The van der Waals surface area contributed by atoms with Gasteiger partial charge in [0.05, 0.1) is 18.3 Å². The molecular weight excluding hydrogens is 368 g/mol. The fourth-order valence-electron chi connectivity index (χ4n) is 2.75. The van der Waals surface area contributed by atoms with E-state index in [9.17, 15) is 4.79 Å².